The number of aromatic nitrogens is 1. The van der Waals surface area contributed by atoms with Gasteiger partial charge in [-0.25, -0.2) is 0 Å². The van der Waals surface area contributed by atoms with Crippen LogP contribution in [0.15, 0.2) is 60.8 Å². The molecule has 0 aliphatic carbocycles. The fourth-order valence-electron chi connectivity index (χ4n) is 2.89. The topological polar surface area (TPSA) is 70.9 Å². The van der Waals surface area contributed by atoms with E-state index in [-0.39, 0.29) is 5.91 Å². The van der Waals surface area contributed by atoms with Gasteiger partial charge in [-0.3, -0.25) is 4.79 Å². The van der Waals surface area contributed by atoms with Crippen LogP contribution in [0, 0.1) is 0 Å². The molecule has 0 saturated carbocycles. The van der Waals surface area contributed by atoms with Crippen LogP contribution in [0.25, 0.3) is 10.9 Å². The van der Waals surface area contributed by atoms with Crippen molar-refractivity contribution in [2.75, 3.05) is 6.54 Å². The molecule has 1 amide bonds. The Hall–Kier alpha value is -2.59. The first-order valence-corrected chi connectivity index (χ1v) is 7.88. The van der Waals surface area contributed by atoms with Crippen LogP contribution in [0.5, 0.6) is 0 Å². The zero-order valence-corrected chi connectivity index (χ0v) is 13.0. The lowest BCUT2D eigenvalue weighted by Gasteiger charge is -2.15. The molecule has 0 saturated heterocycles. The highest BCUT2D eigenvalue weighted by atomic mass is 16.1. The molecule has 0 aliphatic rings. The summed E-state index contributed by atoms with van der Waals surface area (Å²) in [6.07, 6.45) is 3.96. The molecule has 4 nitrogen and oxygen atoms in total. The number of carbonyl (C=O) groups excluding carboxylic acids is 1. The van der Waals surface area contributed by atoms with Crippen molar-refractivity contribution in [1.82, 2.24) is 10.3 Å². The van der Waals surface area contributed by atoms with Gasteiger partial charge in [0.05, 0.1) is 0 Å². The minimum absolute atomic E-state index is 0.344. The Morgan fingerprint density at radius 3 is 2.61 bits per heavy atom. The molecule has 3 aromatic rings. The highest BCUT2D eigenvalue weighted by Gasteiger charge is 2.16. The number of H-pyrrole nitrogens is 1. The van der Waals surface area contributed by atoms with Gasteiger partial charge in [-0.05, 0) is 36.6 Å². The Bertz CT molecular complexity index is 779. The summed E-state index contributed by atoms with van der Waals surface area (Å²) in [7, 11) is 0. The van der Waals surface area contributed by atoms with Crippen molar-refractivity contribution in [3.63, 3.8) is 0 Å². The zero-order valence-electron chi connectivity index (χ0n) is 13.0. The molecule has 0 radical (unpaired) electrons. The van der Waals surface area contributed by atoms with E-state index < -0.39 is 6.04 Å². The van der Waals surface area contributed by atoms with Crippen molar-refractivity contribution in [3.05, 3.63) is 71.9 Å². The third-order valence-electron chi connectivity index (χ3n) is 4.06. The molecule has 0 fully saturated rings. The summed E-state index contributed by atoms with van der Waals surface area (Å²) in [5.41, 5.74) is 8.89. The second kappa shape index (κ2) is 7.11. The fourth-order valence-corrected chi connectivity index (χ4v) is 2.89. The molecular weight excluding hydrogens is 286 g/mol. The van der Waals surface area contributed by atoms with Crippen LogP contribution < -0.4 is 11.1 Å². The van der Waals surface area contributed by atoms with E-state index in [4.69, 9.17) is 5.73 Å². The van der Waals surface area contributed by atoms with E-state index in [1.165, 1.54) is 10.9 Å². The number of carbonyl (C=O) groups is 1. The van der Waals surface area contributed by atoms with E-state index in [9.17, 15) is 4.79 Å². The number of nitrogens with two attached hydrogens (primary N) is 1. The minimum atomic E-state index is -0.431. The zero-order chi connectivity index (χ0) is 16.1. The maximum absolute atomic E-state index is 11.7. The lowest BCUT2D eigenvalue weighted by Crippen LogP contribution is -2.34. The standard InChI is InChI=1S/C19H21N3O/c20-19(23)18(14-7-2-1-3-8-14)21-12-6-9-15-13-22-17-11-5-4-10-16(15)17/h1-5,7-8,10-11,13,18,21-22H,6,9,12H2,(H2,20,23). The Labute approximate surface area is 135 Å². The van der Waals surface area contributed by atoms with Crippen LogP contribution in [0.2, 0.25) is 0 Å². The Kier molecular flexibility index (Phi) is 4.74. The SMILES string of the molecule is NC(=O)C(NCCCc1c[nH]c2ccccc12)c1ccccc1. The highest BCUT2D eigenvalue weighted by molar-refractivity contribution is 5.83. The number of nitrogens with one attached hydrogen (secondary N) is 2. The number of primary amides is 1. The van der Waals surface area contributed by atoms with Crippen molar-refractivity contribution in [1.29, 1.82) is 0 Å². The number of hydrogen-bond donors (Lipinski definition) is 3. The van der Waals surface area contributed by atoms with Crippen molar-refractivity contribution in [3.8, 4) is 0 Å². The number of rotatable bonds is 7. The number of amides is 1. The molecule has 1 heterocycles. The number of aromatic amines is 1. The van der Waals surface area contributed by atoms with Gasteiger partial charge in [-0.15, -0.1) is 0 Å². The van der Waals surface area contributed by atoms with E-state index in [0.717, 1.165) is 30.5 Å². The molecule has 4 N–H and O–H groups in total. The molecule has 3 rings (SSSR count). The average Bonchev–Trinajstić information content (AvgIpc) is 2.98. The van der Waals surface area contributed by atoms with Crippen molar-refractivity contribution >= 4 is 16.8 Å². The summed E-state index contributed by atoms with van der Waals surface area (Å²) in [4.78, 5) is 14.9. The molecule has 1 atom stereocenters. The van der Waals surface area contributed by atoms with Crippen molar-refractivity contribution in [2.45, 2.75) is 18.9 Å². The van der Waals surface area contributed by atoms with E-state index in [1.54, 1.807) is 0 Å². The summed E-state index contributed by atoms with van der Waals surface area (Å²) in [5.74, 6) is -0.344. The third kappa shape index (κ3) is 3.60. The molecular formula is C19H21N3O. The van der Waals surface area contributed by atoms with Crippen LogP contribution in [-0.2, 0) is 11.2 Å². The van der Waals surface area contributed by atoms with E-state index in [2.05, 4.69) is 34.7 Å². The van der Waals surface area contributed by atoms with Gasteiger partial charge in [0, 0.05) is 17.1 Å². The van der Waals surface area contributed by atoms with Crippen molar-refractivity contribution in [2.24, 2.45) is 5.73 Å². The van der Waals surface area contributed by atoms with E-state index >= 15 is 0 Å². The third-order valence-corrected chi connectivity index (χ3v) is 4.06. The van der Waals surface area contributed by atoms with E-state index in [1.807, 2.05) is 36.4 Å². The number of para-hydroxylation sites is 1. The van der Waals surface area contributed by atoms with E-state index in [0.29, 0.717) is 0 Å². The van der Waals surface area contributed by atoms with Crippen LogP contribution in [0.3, 0.4) is 0 Å². The molecule has 118 valence electrons. The van der Waals surface area contributed by atoms with Gasteiger partial charge < -0.3 is 16.0 Å². The number of hydrogen-bond acceptors (Lipinski definition) is 2. The highest BCUT2D eigenvalue weighted by Crippen LogP contribution is 2.19. The van der Waals surface area contributed by atoms with Crippen LogP contribution in [0.4, 0.5) is 0 Å². The van der Waals surface area contributed by atoms with Crippen LogP contribution in [0.1, 0.15) is 23.6 Å². The Balaban J connectivity index is 1.57. The minimum Gasteiger partial charge on any atom is -0.368 e. The summed E-state index contributed by atoms with van der Waals surface area (Å²) in [5, 5.41) is 4.53. The maximum atomic E-state index is 11.7. The molecule has 1 aromatic heterocycles. The predicted octanol–water partition coefficient (Wildman–Crippen LogP) is 2.92. The molecule has 0 spiro atoms. The molecule has 1 unspecified atom stereocenters. The second-order valence-corrected chi connectivity index (χ2v) is 5.66. The quantitative estimate of drug-likeness (QED) is 0.587. The normalized spacial score (nSPS) is 12.3. The smallest absolute Gasteiger partial charge is 0.239 e. The maximum Gasteiger partial charge on any atom is 0.239 e. The second-order valence-electron chi connectivity index (χ2n) is 5.66. The Morgan fingerprint density at radius 2 is 1.83 bits per heavy atom. The first-order valence-electron chi connectivity index (χ1n) is 7.88. The first kappa shape index (κ1) is 15.3. The van der Waals surface area contributed by atoms with Gasteiger partial charge in [-0.1, -0.05) is 48.5 Å². The summed E-state index contributed by atoms with van der Waals surface area (Å²) in [6, 6.07) is 17.5. The number of benzene rings is 2. The summed E-state index contributed by atoms with van der Waals surface area (Å²) >= 11 is 0. The molecule has 2 aromatic carbocycles. The van der Waals surface area contributed by atoms with Gasteiger partial charge in [0.25, 0.3) is 0 Å². The largest absolute Gasteiger partial charge is 0.368 e. The van der Waals surface area contributed by atoms with Crippen LogP contribution >= 0.6 is 0 Å². The van der Waals surface area contributed by atoms with Gasteiger partial charge >= 0.3 is 0 Å². The van der Waals surface area contributed by atoms with Crippen molar-refractivity contribution < 1.29 is 4.79 Å². The Morgan fingerprint density at radius 1 is 1.09 bits per heavy atom. The predicted molar refractivity (Wildman–Crippen MR) is 93.0 cm³/mol. The molecule has 0 bridgehead atoms. The molecule has 23 heavy (non-hydrogen) atoms. The molecule has 4 heteroatoms. The van der Waals surface area contributed by atoms with Crippen LogP contribution in [-0.4, -0.2) is 17.4 Å². The van der Waals surface area contributed by atoms with Gasteiger partial charge in [0.15, 0.2) is 0 Å². The summed E-state index contributed by atoms with van der Waals surface area (Å²) < 4.78 is 0. The fraction of sp³-hybridized carbons (Fsp3) is 0.211. The molecule has 0 aliphatic heterocycles. The lowest BCUT2D eigenvalue weighted by atomic mass is 10.1. The first-order chi connectivity index (χ1) is 11.3. The van der Waals surface area contributed by atoms with Gasteiger partial charge in [-0.2, -0.15) is 0 Å². The lowest BCUT2D eigenvalue weighted by molar-refractivity contribution is -0.120. The average molecular weight is 307 g/mol. The summed E-state index contributed by atoms with van der Waals surface area (Å²) in [6.45, 7) is 0.738. The number of fused-ring (bicyclic) bond motifs is 1. The monoisotopic (exact) mass is 307 g/mol. The van der Waals surface area contributed by atoms with Gasteiger partial charge in [0.2, 0.25) is 5.91 Å². The number of aryl methyl sites for hydroxylation is 1. The van der Waals surface area contributed by atoms with Gasteiger partial charge in [0.1, 0.15) is 6.04 Å².